The molecule has 0 bridgehead atoms. The van der Waals surface area contributed by atoms with E-state index in [0.29, 0.717) is 5.56 Å². The molecule has 206 valence electrons. The van der Waals surface area contributed by atoms with Gasteiger partial charge in [-0.15, -0.1) is 0 Å². The highest BCUT2D eigenvalue weighted by atomic mass is 16.7. The molecule has 0 aromatic heterocycles. The van der Waals surface area contributed by atoms with Crippen molar-refractivity contribution in [3.05, 3.63) is 58.1 Å². The lowest BCUT2D eigenvalue weighted by molar-refractivity contribution is -0.384. The van der Waals surface area contributed by atoms with Crippen molar-refractivity contribution in [2.75, 3.05) is 34.3 Å². The molecule has 0 fully saturated rings. The number of amides is 2. The summed E-state index contributed by atoms with van der Waals surface area (Å²) in [6, 6.07) is 9.53. The Morgan fingerprint density at radius 2 is 1.50 bits per heavy atom. The van der Waals surface area contributed by atoms with E-state index in [1.165, 1.54) is 60.4 Å². The Morgan fingerprint density at radius 1 is 0.895 bits per heavy atom. The standard InChI is InChI=1S/C25H31N3O10/c1-25(2,3)38-23(30)27(5)14-13-26(4)22(29)37-20-12-7-17(15-21(20)34-6)16-35-24(31)36-19-10-8-18(9-11-19)28(32)33/h7-12,15H,13-14,16H2,1-6H3. The SMILES string of the molecule is COc1cc(COC(=O)Oc2ccc([N+](=O)[O-])cc2)ccc1OC(=O)N(C)CCN(C)C(=O)OC(C)(C)C. The molecule has 0 spiro atoms. The number of hydrogen-bond acceptors (Lipinski definition) is 10. The van der Waals surface area contributed by atoms with Crippen LogP contribution in [0.2, 0.25) is 0 Å². The van der Waals surface area contributed by atoms with E-state index in [1.54, 1.807) is 33.9 Å². The van der Waals surface area contributed by atoms with Crippen LogP contribution >= 0.6 is 0 Å². The van der Waals surface area contributed by atoms with Crippen molar-refractivity contribution in [1.82, 2.24) is 9.80 Å². The van der Waals surface area contributed by atoms with Gasteiger partial charge in [0.05, 0.1) is 12.0 Å². The van der Waals surface area contributed by atoms with Gasteiger partial charge in [0.25, 0.3) is 5.69 Å². The molecule has 0 aliphatic carbocycles. The van der Waals surface area contributed by atoms with Crippen LogP contribution in [-0.4, -0.2) is 73.0 Å². The van der Waals surface area contributed by atoms with Crippen LogP contribution in [0.25, 0.3) is 0 Å². The predicted molar refractivity (Wildman–Crippen MR) is 134 cm³/mol. The first-order chi connectivity index (χ1) is 17.8. The molecule has 0 aliphatic heterocycles. The second kappa shape index (κ2) is 13.1. The van der Waals surface area contributed by atoms with Gasteiger partial charge in [0.15, 0.2) is 11.5 Å². The third-order valence-electron chi connectivity index (χ3n) is 4.82. The first-order valence-corrected chi connectivity index (χ1v) is 11.4. The fraction of sp³-hybridized carbons (Fsp3) is 0.400. The number of non-ortho nitro benzene ring substituents is 1. The number of nitrogens with zero attached hydrogens (tertiary/aromatic N) is 3. The zero-order valence-corrected chi connectivity index (χ0v) is 22.1. The van der Waals surface area contributed by atoms with Crippen LogP contribution in [-0.2, 0) is 16.1 Å². The maximum absolute atomic E-state index is 12.5. The van der Waals surface area contributed by atoms with Crippen LogP contribution in [0.15, 0.2) is 42.5 Å². The number of methoxy groups -OCH3 is 1. The van der Waals surface area contributed by atoms with Gasteiger partial charge in [-0.2, -0.15) is 0 Å². The topological polar surface area (TPSA) is 147 Å². The lowest BCUT2D eigenvalue weighted by Gasteiger charge is -2.26. The Morgan fingerprint density at radius 3 is 2.05 bits per heavy atom. The summed E-state index contributed by atoms with van der Waals surface area (Å²) in [6.07, 6.45) is -2.18. The molecule has 2 rings (SSSR count). The Hall–Kier alpha value is -4.55. The van der Waals surface area contributed by atoms with Gasteiger partial charge in [-0.25, -0.2) is 14.4 Å². The molecule has 2 aromatic carbocycles. The Bertz CT molecular complexity index is 1150. The minimum atomic E-state index is -1.01. The molecule has 0 aliphatic rings. The van der Waals surface area contributed by atoms with Gasteiger partial charge in [0.1, 0.15) is 18.0 Å². The van der Waals surface area contributed by atoms with Crippen LogP contribution < -0.4 is 14.2 Å². The molecular weight excluding hydrogens is 502 g/mol. The lowest BCUT2D eigenvalue weighted by Crippen LogP contribution is -2.40. The van der Waals surface area contributed by atoms with Crippen molar-refractivity contribution in [3.8, 4) is 17.2 Å². The van der Waals surface area contributed by atoms with Crippen molar-refractivity contribution in [1.29, 1.82) is 0 Å². The third-order valence-corrected chi connectivity index (χ3v) is 4.82. The second-order valence-electron chi connectivity index (χ2n) is 9.07. The Balaban J connectivity index is 1.88. The number of hydrogen-bond donors (Lipinski definition) is 0. The van der Waals surface area contributed by atoms with Gasteiger partial charge in [0, 0.05) is 39.3 Å². The van der Waals surface area contributed by atoms with Gasteiger partial charge in [-0.05, 0) is 50.6 Å². The van der Waals surface area contributed by atoms with Crippen LogP contribution in [0.4, 0.5) is 20.1 Å². The van der Waals surface area contributed by atoms with Crippen molar-refractivity contribution >= 4 is 24.0 Å². The summed E-state index contributed by atoms with van der Waals surface area (Å²) in [5.74, 6) is 0.450. The van der Waals surface area contributed by atoms with Crippen LogP contribution in [0, 0.1) is 10.1 Å². The quantitative estimate of drug-likeness (QED) is 0.194. The van der Waals surface area contributed by atoms with Crippen LogP contribution in [0.1, 0.15) is 26.3 Å². The summed E-state index contributed by atoms with van der Waals surface area (Å²) in [6.45, 7) is 5.54. The molecule has 0 unspecified atom stereocenters. The monoisotopic (exact) mass is 533 g/mol. The molecule has 0 saturated carbocycles. The van der Waals surface area contributed by atoms with E-state index in [2.05, 4.69) is 0 Å². The average Bonchev–Trinajstić information content (AvgIpc) is 2.85. The van der Waals surface area contributed by atoms with Crippen molar-refractivity contribution in [2.45, 2.75) is 33.0 Å². The number of carbonyl (C=O) groups is 3. The molecule has 0 atom stereocenters. The van der Waals surface area contributed by atoms with Gasteiger partial charge >= 0.3 is 18.3 Å². The fourth-order valence-electron chi connectivity index (χ4n) is 2.78. The third kappa shape index (κ3) is 9.48. The van der Waals surface area contributed by atoms with E-state index < -0.39 is 28.9 Å². The first kappa shape index (κ1) is 29.7. The highest BCUT2D eigenvalue weighted by Crippen LogP contribution is 2.29. The molecule has 0 radical (unpaired) electrons. The number of benzene rings is 2. The number of likely N-dealkylation sites (N-methyl/N-ethyl adjacent to an activating group) is 2. The molecular formula is C25H31N3O10. The molecule has 0 N–H and O–H groups in total. The fourth-order valence-corrected chi connectivity index (χ4v) is 2.78. The molecule has 0 heterocycles. The number of carbonyl (C=O) groups excluding carboxylic acids is 3. The van der Waals surface area contributed by atoms with Crippen molar-refractivity contribution < 1.29 is 43.0 Å². The number of rotatable bonds is 9. The molecule has 13 nitrogen and oxygen atoms in total. The summed E-state index contributed by atoms with van der Waals surface area (Å²) in [7, 11) is 4.48. The molecule has 0 saturated heterocycles. The molecule has 38 heavy (non-hydrogen) atoms. The number of nitro groups is 1. The zero-order valence-electron chi connectivity index (χ0n) is 22.1. The highest BCUT2D eigenvalue weighted by molar-refractivity contribution is 5.72. The van der Waals surface area contributed by atoms with Crippen molar-refractivity contribution in [3.63, 3.8) is 0 Å². The highest BCUT2D eigenvalue weighted by Gasteiger charge is 2.21. The maximum atomic E-state index is 12.5. The summed E-state index contributed by atoms with van der Waals surface area (Å²) >= 11 is 0. The van der Waals surface area contributed by atoms with Crippen LogP contribution in [0.5, 0.6) is 17.2 Å². The number of ether oxygens (including phenoxy) is 5. The van der Waals surface area contributed by atoms with Gasteiger partial charge < -0.3 is 33.5 Å². The van der Waals surface area contributed by atoms with Crippen LogP contribution in [0.3, 0.4) is 0 Å². The molecule has 2 aromatic rings. The lowest BCUT2D eigenvalue weighted by atomic mass is 10.2. The largest absolute Gasteiger partial charge is 0.514 e. The predicted octanol–water partition coefficient (Wildman–Crippen LogP) is 4.62. The minimum Gasteiger partial charge on any atom is -0.493 e. The summed E-state index contributed by atoms with van der Waals surface area (Å²) in [5, 5.41) is 10.7. The first-order valence-electron chi connectivity index (χ1n) is 11.4. The van der Waals surface area contributed by atoms with E-state index in [0.717, 1.165) is 0 Å². The average molecular weight is 534 g/mol. The summed E-state index contributed by atoms with van der Waals surface area (Å²) in [5.41, 5.74) is -0.246. The van der Waals surface area contributed by atoms with E-state index >= 15 is 0 Å². The molecule has 13 heteroatoms. The van der Waals surface area contributed by atoms with Gasteiger partial charge in [-0.1, -0.05) is 6.07 Å². The smallest absolute Gasteiger partial charge is 0.493 e. The van der Waals surface area contributed by atoms with E-state index in [1.807, 2.05) is 0 Å². The van der Waals surface area contributed by atoms with Crippen molar-refractivity contribution in [2.24, 2.45) is 0 Å². The van der Waals surface area contributed by atoms with Gasteiger partial charge in [0.2, 0.25) is 0 Å². The zero-order chi connectivity index (χ0) is 28.5. The van der Waals surface area contributed by atoms with E-state index in [9.17, 15) is 24.5 Å². The second-order valence-corrected chi connectivity index (χ2v) is 9.07. The van der Waals surface area contributed by atoms with E-state index in [-0.39, 0.29) is 42.6 Å². The van der Waals surface area contributed by atoms with Gasteiger partial charge in [-0.3, -0.25) is 10.1 Å². The Labute approximate surface area is 219 Å². The summed E-state index contributed by atoms with van der Waals surface area (Å²) in [4.78, 5) is 49.3. The maximum Gasteiger partial charge on any atom is 0.514 e. The van der Waals surface area contributed by atoms with E-state index in [4.69, 9.17) is 23.7 Å². The summed E-state index contributed by atoms with van der Waals surface area (Å²) < 4.78 is 26.0. The normalized spacial score (nSPS) is 10.7. The minimum absolute atomic E-state index is 0.0850. The Kier molecular flexibility index (Phi) is 10.3. The number of nitro benzene ring substituents is 1. The molecule has 2 amide bonds.